The largest absolute Gasteiger partial charge is 0.490 e. The van der Waals surface area contributed by atoms with E-state index in [1.54, 1.807) is 107 Å². The second-order valence-electron chi connectivity index (χ2n) is 23.4. The van der Waals surface area contributed by atoms with Crippen LogP contribution in [0.5, 0.6) is 17.2 Å². The summed E-state index contributed by atoms with van der Waals surface area (Å²) in [6, 6.07) is 48.4. The van der Waals surface area contributed by atoms with Crippen LogP contribution in [0.4, 0.5) is 48.2 Å². The van der Waals surface area contributed by atoms with Crippen LogP contribution in [0.1, 0.15) is 22.3 Å². The van der Waals surface area contributed by atoms with Crippen LogP contribution in [0.15, 0.2) is 240 Å². The molecule has 0 saturated heterocycles. The van der Waals surface area contributed by atoms with Crippen molar-refractivity contribution in [3.05, 3.63) is 239 Å². The van der Waals surface area contributed by atoms with Gasteiger partial charge in [-0.3, -0.25) is 4.72 Å². The molecule has 0 amide bonds. The van der Waals surface area contributed by atoms with Gasteiger partial charge in [0.25, 0.3) is 30.1 Å². The van der Waals surface area contributed by atoms with Gasteiger partial charge in [0.1, 0.15) is 47.8 Å². The van der Waals surface area contributed by atoms with Crippen LogP contribution in [0.3, 0.4) is 0 Å². The van der Waals surface area contributed by atoms with E-state index in [9.17, 15) is 54.9 Å². The molecule has 0 bridgehead atoms. The second kappa shape index (κ2) is 31.8. The molecule has 3 aromatic heterocycles. The Hall–Kier alpha value is -9.52. The van der Waals surface area contributed by atoms with Crippen LogP contribution in [0.2, 0.25) is 0 Å². The summed E-state index contributed by atoms with van der Waals surface area (Å²) >= 11 is 3.72. The Morgan fingerprint density at radius 1 is 0.462 bits per heavy atom. The quantitative estimate of drug-likeness (QED) is 0.0806. The van der Waals surface area contributed by atoms with E-state index in [1.165, 1.54) is 97.5 Å². The van der Waals surface area contributed by atoms with Crippen LogP contribution in [-0.4, -0.2) is 124 Å². The van der Waals surface area contributed by atoms with Crippen molar-refractivity contribution in [3.8, 4) is 17.2 Å². The Bertz CT molecular complexity index is 5590. The lowest BCUT2D eigenvalue weighted by Crippen LogP contribution is -2.32. The van der Waals surface area contributed by atoms with Gasteiger partial charge in [-0.15, -0.1) is 34.0 Å². The Balaban J connectivity index is 0.000000147. The van der Waals surface area contributed by atoms with Gasteiger partial charge in [0, 0.05) is 78.2 Å². The number of rotatable bonds is 18. The van der Waals surface area contributed by atoms with Crippen molar-refractivity contribution in [1.29, 1.82) is 0 Å². The zero-order valence-electron chi connectivity index (χ0n) is 56.2. The number of halogens is 1. The Morgan fingerprint density at radius 2 is 0.875 bits per heavy atom. The molecule has 0 radical (unpaired) electrons. The lowest BCUT2D eigenvalue weighted by Gasteiger charge is -2.33. The maximum absolute atomic E-state index is 13.9. The summed E-state index contributed by atoms with van der Waals surface area (Å²) in [6.07, 6.45) is 8.00. The van der Waals surface area contributed by atoms with Crippen LogP contribution >= 0.6 is 34.0 Å². The summed E-state index contributed by atoms with van der Waals surface area (Å²) in [5.74, 6) is 0.582. The van der Waals surface area contributed by atoms with Gasteiger partial charge in [-0.1, -0.05) is 96.1 Å². The molecule has 0 saturated carbocycles. The number of ether oxygens (including phenoxy) is 3. The first-order chi connectivity index (χ1) is 49.4. The number of sulfonamides is 3. The second-order valence-corrected chi connectivity index (χ2v) is 37.4. The molecule has 104 heavy (non-hydrogen) atoms. The molecule has 0 unspecified atom stereocenters. The van der Waals surface area contributed by atoms with Crippen LogP contribution in [0.25, 0.3) is 0 Å². The summed E-state index contributed by atoms with van der Waals surface area (Å²) in [5.41, 5.74) is 6.99. The molecule has 3 aliphatic heterocycles. The van der Waals surface area contributed by atoms with E-state index in [-0.39, 0.29) is 60.8 Å². The first-order valence-electron chi connectivity index (χ1n) is 31.5. The standard InChI is InChI=1S/C26H25N3O5S3.C19H19N3O3S2.C18H17N3O5S3.C7H7FO2S/c1-19-7-9-20(10-8-19)18-29(26-27-13-16-35-26)37(32,33)21-11-12-22-24(17-21)34-15-14-28(22)23-5-3-4-6-25(23)36(2,30)31;1-14-2-4-15(5-3-14)13-22(19-21-9-11-26-19)27(23,24)16-6-7-17-18(12-16)25-10-8-20-17;1-28(22,23)17-5-3-2-4-15(17)21-9-10-26-16-12-13(6-7-14(16)21)29(24,25)20-18-19-8-11-27-18;1-11(9,10)7-5-3-2-4-6(7)8/h3-13,16-17H,14-15,18H2,1-2H3;2-7,9,11-12,20H,8,10,13H2,1H3;2-8,11-12H,9-10H2,1H3,(H,19,20);2-5H,1H3. The van der Waals surface area contributed by atoms with Gasteiger partial charge < -0.3 is 29.3 Å². The minimum atomic E-state index is -3.99. The molecule has 3 aliphatic rings. The van der Waals surface area contributed by atoms with E-state index >= 15 is 0 Å². The van der Waals surface area contributed by atoms with Crippen molar-refractivity contribution in [2.75, 3.05) is 86.7 Å². The molecule has 14 rings (SSSR count). The number of nitrogens with one attached hydrogen (secondary N) is 2. The molecule has 0 fully saturated rings. The molecule has 544 valence electrons. The Kier molecular flexibility index (Phi) is 23.1. The average molecular weight is 1580 g/mol. The highest BCUT2D eigenvalue weighted by molar-refractivity contribution is 7.94. The normalized spacial score (nSPS) is 13.5. The SMILES string of the molecule is CS(=O)(=O)c1ccccc1F.CS(=O)(=O)c1ccccc1N1CCOc2cc(S(=O)(=O)Nc3nccs3)ccc21.Cc1ccc(CN(c2nccs2)S(=O)(=O)c2ccc3c(c2)OCCN3)cc1.Cc1ccc(CN(c2nccs2)S(=O)(=O)c2ccc3c(c2)OCCN3c2ccccc2S(C)(=O)=O)cc1. The van der Waals surface area contributed by atoms with Crippen molar-refractivity contribution < 1.29 is 69.1 Å². The smallest absolute Gasteiger partial charge is 0.266 e. The van der Waals surface area contributed by atoms with Gasteiger partial charge in [0.15, 0.2) is 44.9 Å². The van der Waals surface area contributed by atoms with Gasteiger partial charge in [-0.05, 0) is 97.8 Å². The number of nitrogens with zero attached hydrogens (tertiary/aromatic N) is 7. The zero-order chi connectivity index (χ0) is 74.2. The van der Waals surface area contributed by atoms with E-state index < -0.39 is 65.4 Å². The fraction of sp³-hybridized carbons (Fsp3) is 0.186. The number of aryl methyl sites for hydroxylation is 2. The molecular weight excluding hydrogens is 1510 g/mol. The lowest BCUT2D eigenvalue weighted by atomic mass is 10.1. The average Bonchev–Trinajstić information content (AvgIpc) is 0.886. The number of hydrogen-bond acceptors (Lipinski definition) is 24. The third-order valence-electron chi connectivity index (χ3n) is 15.9. The molecule has 11 aromatic rings. The third kappa shape index (κ3) is 18.0. The van der Waals surface area contributed by atoms with Crippen LogP contribution in [0, 0.1) is 19.7 Å². The molecule has 0 atom stereocenters. The first kappa shape index (κ1) is 75.6. The molecule has 24 nitrogen and oxygen atoms in total. The molecule has 34 heteroatoms. The number of sulfone groups is 3. The first-order valence-corrected chi connectivity index (χ1v) is 44.1. The van der Waals surface area contributed by atoms with Crippen molar-refractivity contribution in [2.45, 2.75) is 56.3 Å². The number of aromatic nitrogens is 3. The Morgan fingerprint density at radius 3 is 1.32 bits per heavy atom. The monoisotopic (exact) mass is 1580 g/mol. The van der Waals surface area contributed by atoms with E-state index in [2.05, 4.69) is 25.0 Å². The maximum atomic E-state index is 13.9. The molecule has 2 N–H and O–H groups in total. The zero-order valence-corrected chi connectivity index (χ0v) is 63.5. The van der Waals surface area contributed by atoms with E-state index in [0.29, 0.717) is 76.5 Å². The van der Waals surface area contributed by atoms with E-state index in [0.717, 1.165) is 46.5 Å². The van der Waals surface area contributed by atoms with Crippen LogP contribution in [-0.2, 0) is 72.7 Å². The number of hydrogen-bond donors (Lipinski definition) is 2. The fourth-order valence-corrected chi connectivity index (χ4v) is 19.8. The molecule has 0 spiro atoms. The lowest BCUT2D eigenvalue weighted by molar-refractivity contribution is 0.313. The summed E-state index contributed by atoms with van der Waals surface area (Å²) in [7, 11) is -21.9. The predicted molar refractivity (Wildman–Crippen MR) is 403 cm³/mol. The number of anilines is 8. The van der Waals surface area contributed by atoms with E-state index in [4.69, 9.17) is 14.2 Å². The van der Waals surface area contributed by atoms with Crippen molar-refractivity contribution in [2.24, 2.45) is 0 Å². The summed E-state index contributed by atoms with van der Waals surface area (Å²) in [6.45, 7) is 6.95. The molecular formula is C70H68FN9O15S9. The molecule has 8 aromatic carbocycles. The molecule has 0 aliphatic carbocycles. The van der Waals surface area contributed by atoms with Crippen molar-refractivity contribution in [1.82, 2.24) is 15.0 Å². The van der Waals surface area contributed by atoms with Crippen LogP contribution < -0.4 is 42.7 Å². The topological polar surface area (TPSA) is 308 Å². The van der Waals surface area contributed by atoms with Crippen molar-refractivity contribution in [3.63, 3.8) is 0 Å². The van der Waals surface area contributed by atoms with Gasteiger partial charge in [0.2, 0.25) is 0 Å². The third-order valence-corrected chi connectivity index (χ3v) is 26.7. The molecule has 6 heterocycles. The van der Waals surface area contributed by atoms with Gasteiger partial charge in [-0.2, -0.15) is 0 Å². The Labute approximate surface area is 615 Å². The highest BCUT2D eigenvalue weighted by Gasteiger charge is 2.33. The summed E-state index contributed by atoms with van der Waals surface area (Å²) in [5, 5.41) is 9.45. The minimum absolute atomic E-state index is 0.0321. The number of benzene rings is 8. The van der Waals surface area contributed by atoms with Crippen molar-refractivity contribution >= 4 is 137 Å². The predicted octanol–water partition coefficient (Wildman–Crippen LogP) is 12.5. The minimum Gasteiger partial charge on any atom is -0.490 e. The van der Waals surface area contributed by atoms with Gasteiger partial charge in [0.05, 0.1) is 79.1 Å². The van der Waals surface area contributed by atoms with Gasteiger partial charge >= 0.3 is 0 Å². The maximum Gasteiger partial charge on any atom is 0.266 e. The van der Waals surface area contributed by atoms with Gasteiger partial charge in [-0.25, -0.2) is 78.5 Å². The number of fused-ring (bicyclic) bond motifs is 3. The number of para-hydroxylation sites is 2. The number of thiazole rings is 3. The summed E-state index contributed by atoms with van der Waals surface area (Å²) in [4.78, 5) is 16.5. The highest BCUT2D eigenvalue weighted by Crippen LogP contribution is 2.44. The highest BCUT2D eigenvalue weighted by atomic mass is 32.2. The fourth-order valence-electron chi connectivity index (χ4n) is 10.8. The van der Waals surface area contributed by atoms with E-state index in [1.807, 2.05) is 72.2 Å². The summed E-state index contributed by atoms with van der Waals surface area (Å²) < 4.78 is 186.